The quantitative estimate of drug-likeness (QED) is 0.781. The van der Waals surface area contributed by atoms with Crippen LogP contribution in [0.25, 0.3) is 0 Å². The van der Waals surface area contributed by atoms with Crippen LogP contribution in [0.3, 0.4) is 0 Å². The molecule has 1 rings (SSSR count). The van der Waals surface area contributed by atoms with E-state index in [2.05, 4.69) is 18.7 Å². The third-order valence-electron chi connectivity index (χ3n) is 2.98. The van der Waals surface area contributed by atoms with Gasteiger partial charge < -0.3 is 19.5 Å². The maximum Gasteiger partial charge on any atom is 0.339 e. The third kappa shape index (κ3) is 4.13. The summed E-state index contributed by atoms with van der Waals surface area (Å²) in [6.07, 6.45) is 0. The van der Waals surface area contributed by atoms with Crippen LogP contribution in [0.15, 0.2) is 18.2 Å². The van der Waals surface area contributed by atoms with Crippen molar-refractivity contribution in [3.05, 3.63) is 23.8 Å². The molecule has 0 heterocycles. The van der Waals surface area contributed by atoms with Gasteiger partial charge in [-0.25, -0.2) is 4.79 Å². The Kier molecular flexibility index (Phi) is 6.15. The van der Waals surface area contributed by atoms with Crippen molar-refractivity contribution >= 4 is 5.97 Å². The van der Waals surface area contributed by atoms with Gasteiger partial charge in [0, 0.05) is 6.54 Å². The van der Waals surface area contributed by atoms with Crippen molar-refractivity contribution in [3.8, 4) is 11.5 Å². The number of likely N-dealkylation sites (N-methyl/N-ethyl adjacent to an activating group) is 1. The fraction of sp³-hybridized carbons (Fsp3) is 0.500. The molecule has 0 atom stereocenters. The smallest absolute Gasteiger partial charge is 0.339 e. The van der Waals surface area contributed by atoms with Crippen LogP contribution in [-0.4, -0.2) is 49.3 Å². The van der Waals surface area contributed by atoms with Gasteiger partial charge in [0.1, 0.15) is 12.2 Å². The van der Waals surface area contributed by atoms with Gasteiger partial charge in [0.05, 0.1) is 7.11 Å². The summed E-state index contributed by atoms with van der Waals surface area (Å²) in [5.41, 5.74) is 0.124. The highest BCUT2D eigenvalue weighted by atomic mass is 16.5. The number of benzene rings is 1. The highest BCUT2D eigenvalue weighted by Gasteiger charge is 2.16. The molecule has 1 aromatic carbocycles. The van der Waals surface area contributed by atoms with Crippen LogP contribution in [0.5, 0.6) is 11.5 Å². The Morgan fingerprint density at radius 3 is 2.53 bits per heavy atom. The highest BCUT2D eigenvalue weighted by Crippen LogP contribution is 2.30. The second-order valence-electron chi connectivity index (χ2n) is 4.02. The second-order valence-corrected chi connectivity index (χ2v) is 4.02. The first-order chi connectivity index (χ1) is 9.13. The van der Waals surface area contributed by atoms with Crippen LogP contribution in [0.2, 0.25) is 0 Å². The molecule has 1 aromatic rings. The average molecular weight is 267 g/mol. The first kappa shape index (κ1) is 15.3. The van der Waals surface area contributed by atoms with E-state index in [1.165, 1.54) is 13.2 Å². The van der Waals surface area contributed by atoms with Gasteiger partial charge in [-0.2, -0.15) is 0 Å². The molecule has 0 saturated heterocycles. The molecule has 0 aliphatic carbocycles. The van der Waals surface area contributed by atoms with Crippen LogP contribution < -0.4 is 9.47 Å². The van der Waals surface area contributed by atoms with Crippen LogP contribution >= 0.6 is 0 Å². The summed E-state index contributed by atoms with van der Waals surface area (Å²) in [6.45, 7) is 7.23. The van der Waals surface area contributed by atoms with Gasteiger partial charge in [0.25, 0.3) is 0 Å². The molecule has 0 fully saturated rings. The molecule has 1 N–H and O–H groups in total. The Morgan fingerprint density at radius 1 is 1.32 bits per heavy atom. The molecule has 0 spiro atoms. The lowest BCUT2D eigenvalue weighted by Crippen LogP contribution is -2.28. The van der Waals surface area contributed by atoms with Gasteiger partial charge in [0.15, 0.2) is 11.5 Å². The Balaban J connectivity index is 2.78. The number of aromatic carboxylic acids is 1. The number of hydrogen-bond acceptors (Lipinski definition) is 4. The summed E-state index contributed by atoms with van der Waals surface area (Å²) in [5.74, 6) is -0.277. The normalized spacial score (nSPS) is 10.5. The lowest BCUT2D eigenvalue weighted by atomic mass is 10.2. The molecule has 106 valence electrons. The van der Waals surface area contributed by atoms with Crippen LogP contribution in [0, 0.1) is 0 Å². The third-order valence-corrected chi connectivity index (χ3v) is 2.98. The number of ether oxygens (including phenoxy) is 2. The number of hydrogen-bond donors (Lipinski definition) is 1. The summed E-state index contributed by atoms with van der Waals surface area (Å²) in [7, 11) is 1.50. The van der Waals surface area contributed by atoms with E-state index in [0.29, 0.717) is 18.1 Å². The van der Waals surface area contributed by atoms with Gasteiger partial charge >= 0.3 is 5.97 Å². The summed E-state index contributed by atoms with van der Waals surface area (Å²) < 4.78 is 10.8. The molecular formula is C14H21NO4. The van der Waals surface area contributed by atoms with Crippen molar-refractivity contribution in [1.29, 1.82) is 0 Å². The van der Waals surface area contributed by atoms with Crippen molar-refractivity contribution in [2.75, 3.05) is 33.4 Å². The lowest BCUT2D eigenvalue weighted by molar-refractivity contribution is 0.0690. The van der Waals surface area contributed by atoms with E-state index >= 15 is 0 Å². The fourth-order valence-corrected chi connectivity index (χ4v) is 1.81. The summed E-state index contributed by atoms with van der Waals surface area (Å²) in [5, 5.41) is 9.14. The number of carbonyl (C=O) groups is 1. The number of carboxylic acid groups (broad SMARTS) is 1. The zero-order valence-corrected chi connectivity index (χ0v) is 11.7. The standard InChI is InChI=1S/C14H21NO4/c1-4-15(5-2)9-10-19-13-11(14(16)17)7-6-8-12(13)18-3/h6-8H,4-5,9-10H2,1-3H3,(H,16,17). The van der Waals surface area contributed by atoms with Gasteiger partial charge in [0.2, 0.25) is 0 Å². The maximum absolute atomic E-state index is 11.2. The Labute approximate surface area is 113 Å². The first-order valence-electron chi connectivity index (χ1n) is 6.39. The molecule has 0 aliphatic rings. The SMILES string of the molecule is CCN(CC)CCOc1c(OC)cccc1C(=O)O. The minimum absolute atomic E-state index is 0.124. The van der Waals surface area contributed by atoms with E-state index < -0.39 is 5.97 Å². The Hall–Kier alpha value is -1.75. The van der Waals surface area contributed by atoms with Crippen LogP contribution in [-0.2, 0) is 0 Å². The zero-order chi connectivity index (χ0) is 14.3. The monoisotopic (exact) mass is 267 g/mol. The highest BCUT2D eigenvalue weighted by molar-refractivity contribution is 5.92. The molecule has 5 nitrogen and oxygen atoms in total. The number of rotatable bonds is 8. The topological polar surface area (TPSA) is 59.0 Å². The minimum Gasteiger partial charge on any atom is -0.493 e. The average Bonchev–Trinajstić information content (AvgIpc) is 2.43. The zero-order valence-electron chi connectivity index (χ0n) is 11.7. The predicted octanol–water partition coefficient (Wildman–Crippen LogP) is 2.11. The molecule has 0 aromatic heterocycles. The molecule has 0 aliphatic heterocycles. The van der Waals surface area contributed by atoms with E-state index in [-0.39, 0.29) is 5.56 Å². The lowest BCUT2D eigenvalue weighted by Gasteiger charge is -2.19. The number of para-hydroxylation sites is 1. The molecular weight excluding hydrogens is 246 g/mol. The van der Waals surface area contributed by atoms with E-state index in [1.54, 1.807) is 12.1 Å². The molecule has 0 unspecified atom stereocenters. The van der Waals surface area contributed by atoms with E-state index in [9.17, 15) is 4.79 Å². The first-order valence-corrected chi connectivity index (χ1v) is 6.39. The van der Waals surface area contributed by atoms with Gasteiger partial charge in [-0.1, -0.05) is 19.9 Å². The number of methoxy groups -OCH3 is 1. The fourth-order valence-electron chi connectivity index (χ4n) is 1.81. The summed E-state index contributed by atoms with van der Waals surface area (Å²) in [6, 6.07) is 4.84. The van der Waals surface area contributed by atoms with Crippen molar-refractivity contribution in [1.82, 2.24) is 4.90 Å². The van der Waals surface area contributed by atoms with E-state index in [4.69, 9.17) is 14.6 Å². The second kappa shape index (κ2) is 7.63. The molecule has 19 heavy (non-hydrogen) atoms. The van der Waals surface area contributed by atoms with Crippen molar-refractivity contribution < 1.29 is 19.4 Å². The summed E-state index contributed by atoms with van der Waals surface area (Å²) in [4.78, 5) is 13.4. The van der Waals surface area contributed by atoms with E-state index in [0.717, 1.165) is 19.6 Å². The van der Waals surface area contributed by atoms with Crippen molar-refractivity contribution in [3.63, 3.8) is 0 Å². The van der Waals surface area contributed by atoms with Gasteiger partial charge in [-0.3, -0.25) is 0 Å². The minimum atomic E-state index is -1.02. The Morgan fingerprint density at radius 2 is 2.00 bits per heavy atom. The molecule has 0 amide bonds. The Bertz CT molecular complexity index is 416. The number of carboxylic acids is 1. The summed E-state index contributed by atoms with van der Waals surface area (Å²) >= 11 is 0. The molecule has 0 radical (unpaired) electrons. The van der Waals surface area contributed by atoms with Crippen molar-refractivity contribution in [2.24, 2.45) is 0 Å². The van der Waals surface area contributed by atoms with Crippen LogP contribution in [0.4, 0.5) is 0 Å². The van der Waals surface area contributed by atoms with Crippen molar-refractivity contribution in [2.45, 2.75) is 13.8 Å². The molecule has 0 bridgehead atoms. The molecule has 5 heteroatoms. The number of nitrogens with zero attached hydrogens (tertiary/aromatic N) is 1. The largest absolute Gasteiger partial charge is 0.493 e. The molecule has 0 saturated carbocycles. The van der Waals surface area contributed by atoms with Crippen LogP contribution in [0.1, 0.15) is 24.2 Å². The van der Waals surface area contributed by atoms with E-state index in [1.807, 2.05) is 0 Å². The van der Waals surface area contributed by atoms with Gasteiger partial charge in [-0.05, 0) is 25.2 Å². The maximum atomic E-state index is 11.2. The predicted molar refractivity (Wildman–Crippen MR) is 73.2 cm³/mol. The van der Waals surface area contributed by atoms with Gasteiger partial charge in [-0.15, -0.1) is 0 Å².